The quantitative estimate of drug-likeness (QED) is 0.879. The molecule has 0 unspecified atom stereocenters. The van der Waals surface area contributed by atoms with Gasteiger partial charge in [-0.05, 0) is 25.1 Å². The van der Waals surface area contributed by atoms with Crippen molar-refractivity contribution in [2.24, 2.45) is 0 Å². The van der Waals surface area contributed by atoms with Crippen molar-refractivity contribution in [1.82, 2.24) is 9.97 Å². The Morgan fingerprint density at radius 3 is 2.74 bits per heavy atom. The van der Waals surface area contributed by atoms with Crippen LogP contribution < -0.4 is 15.4 Å². The van der Waals surface area contributed by atoms with Crippen LogP contribution in [0.2, 0.25) is 5.02 Å². The van der Waals surface area contributed by atoms with Gasteiger partial charge in [0, 0.05) is 12.2 Å². The molecule has 1 heterocycles. The molecule has 0 radical (unpaired) electrons. The number of nitrogens with zero attached hydrogens (tertiary/aromatic N) is 2. The molecule has 2 aromatic rings. The molecule has 0 atom stereocenters. The Labute approximate surface area is 117 Å². The van der Waals surface area contributed by atoms with Crippen LogP contribution in [0.15, 0.2) is 30.6 Å². The molecule has 0 aliphatic carbocycles. The van der Waals surface area contributed by atoms with Gasteiger partial charge in [-0.2, -0.15) is 0 Å². The Morgan fingerprint density at radius 1 is 1.26 bits per heavy atom. The van der Waals surface area contributed by atoms with Crippen LogP contribution in [0.1, 0.15) is 6.92 Å². The van der Waals surface area contributed by atoms with Crippen LogP contribution in [0.4, 0.5) is 17.3 Å². The fraction of sp³-hybridized carbons (Fsp3) is 0.231. The molecule has 5 nitrogen and oxygen atoms in total. The summed E-state index contributed by atoms with van der Waals surface area (Å²) in [5.74, 6) is 2.02. The van der Waals surface area contributed by atoms with E-state index in [9.17, 15) is 0 Å². The lowest BCUT2D eigenvalue weighted by Crippen LogP contribution is -2.02. The molecule has 1 aromatic carbocycles. The van der Waals surface area contributed by atoms with Crippen molar-refractivity contribution in [1.29, 1.82) is 0 Å². The normalized spacial score (nSPS) is 10.1. The van der Waals surface area contributed by atoms with Crippen molar-refractivity contribution < 1.29 is 4.74 Å². The summed E-state index contributed by atoms with van der Waals surface area (Å²) in [4.78, 5) is 8.48. The lowest BCUT2D eigenvalue weighted by Gasteiger charge is -2.09. The van der Waals surface area contributed by atoms with Crippen LogP contribution in [-0.2, 0) is 0 Å². The maximum Gasteiger partial charge on any atom is 0.151 e. The summed E-state index contributed by atoms with van der Waals surface area (Å²) in [5.41, 5.74) is 0.828. The maximum absolute atomic E-state index is 6.06. The Bertz CT molecular complexity index is 562. The predicted molar refractivity (Wildman–Crippen MR) is 77.5 cm³/mol. The number of anilines is 3. The third-order valence-electron chi connectivity index (χ3n) is 2.42. The number of aromatic nitrogens is 2. The molecule has 0 saturated heterocycles. The third-order valence-corrected chi connectivity index (χ3v) is 2.71. The zero-order chi connectivity index (χ0) is 13.7. The number of rotatable bonds is 5. The molecule has 0 amide bonds. The predicted octanol–water partition coefficient (Wildman–Crippen LogP) is 3.31. The first-order valence-electron chi connectivity index (χ1n) is 5.89. The number of methoxy groups -OCH3 is 1. The molecule has 1 aromatic heterocycles. The van der Waals surface area contributed by atoms with Gasteiger partial charge in [-0.1, -0.05) is 11.6 Å². The van der Waals surface area contributed by atoms with Crippen LogP contribution in [0, 0.1) is 0 Å². The minimum absolute atomic E-state index is 0.545. The lowest BCUT2D eigenvalue weighted by molar-refractivity contribution is 0.415. The monoisotopic (exact) mass is 278 g/mol. The van der Waals surface area contributed by atoms with Crippen LogP contribution in [0.25, 0.3) is 0 Å². The Morgan fingerprint density at radius 2 is 2.05 bits per heavy atom. The Balaban J connectivity index is 2.16. The van der Waals surface area contributed by atoms with Gasteiger partial charge in [0.05, 0.1) is 24.5 Å². The number of ether oxygens (including phenoxy) is 1. The summed E-state index contributed by atoms with van der Waals surface area (Å²) < 4.78 is 5.10. The van der Waals surface area contributed by atoms with Crippen molar-refractivity contribution >= 4 is 28.9 Å². The Kier molecular flexibility index (Phi) is 4.41. The van der Waals surface area contributed by atoms with Gasteiger partial charge in [0.1, 0.15) is 11.6 Å². The number of hydrogen-bond acceptors (Lipinski definition) is 5. The highest BCUT2D eigenvalue weighted by Gasteiger charge is 2.03. The van der Waals surface area contributed by atoms with Gasteiger partial charge in [-0.3, -0.25) is 4.98 Å². The molecule has 2 rings (SSSR count). The molecule has 100 valence electrons. The first-order chi connectivity index (χ1) is 9.22. The SMILES string of the molecule is CCNc1cncc(Nc2ccc(OC)c(Cl)c2)n1. The largest absolute Gasteiger partial charge is 0.495 e. The second-order valence-electron chi connectivity index (χ2n) is 3.79. The van der Waals surface area contributed by atoms with E-state index in [0.29, 0.717) is 16.6 Å². The second-order valence-corrected chi connectivity index (χ2v) is 4.20. The van der Waals surface area contributed by atoms with E-state index in [4.69, 9.17) is 16.3 Å². The van der Waals surface area contributed by atoms with Crippen molar-refractivity contribution in [3.05, 3.63) is 35.6 Å². The van der Waals surface area contributed by atoms with Crippen LogP contribution in [0.5, 0.6) is 5.75 Å². The molecule has 0 saturated carbocycles. The van der Waals surface area contributed by atoms with Gasteiger partial charge in [-0.25, -0.2) is 4.98 Å². The summed E-state index contributed by atoms with van der Waals surface area (Å²) >= 11 is 6.06. The van der Waals surface area contributed by atoms with E-state index in [-0.39, 0.29) is 0 Å². The Hall–Kier alpha value is -2.01. The van der Waals surface area contributed by atoms with Crippen molar-refractivity contribution in [2.75, 3.05) is 24.3 Å². The maximum atomic E-state index is 6.06. The van der Waals surface area contributed by atoms with Crippen LogP contribution in [0.3, 0.4) is 0 Å². The number of nitrogens with one attached hydrogen (secondary N) is 2. The summed E-state index contributed by atoms with van der Waals surface area (Å²) in [6, 6.07) is 5.44. The van der Waals surface area contributed by atoms with Crippen molar-refractivity contribution in [2.45, 2.75) is 6.92 Å². The lowest BCUT2D eigenvalue weighted by atomic mass is 10.3. The van der Waals surface area contributed by atoms with Crippen molar-refractivity contribution in [3.8, 4) is 5.75 Å². The van der Waals surface area contributed by atoms with Gasteiger partial charge in [0.25, 0.3) is 0 Å². The van der Waals surface area contributed by atoms with Crippen molar-refractivity contribution in [3.63, 3.8) is 0 Å². The first kappa shape index (κ1) is 13.4. The molecule has 0 aliphatic rings. The molecular weight excluding hydrogens is 264 g/mol. The van der Waals surface area contributed by atoms with E-state index < -0.39 is 0 Å². The minimum atomic E-state index is 0.545. The van der Waals surface area contributed by atoms with Crippen LogP contribution in [-0.4, -0.2) is 23.6 Å². The molecule has 0 aliphatic heterocycles. The van der Waals surface area contributed by atoms with E-state index in [2.05, 4.69) is 20.6 Å². The summed E-state index contributed by atoms with van der Waals surface area (Å²) in [5, 5.41) is 6.79. The molecular formula is C13H15ClN4O. The highest BCUT2D eigenvalue weighted by Crippen LogP contribution is 2.28. The fourth-order valence-electron chi connectivity index (χ4n) is 1.58. The number of hydrogen-bond donors (Lipinski definition) is 2. The van der Waals surface area contributed by atoms with E-state index >= 15 is 0 Å². The van der Waals surface area contributed by atoms with Crippen LogP contribution >= 0.6 is 11.6 Å². The smallest absolute Gasteiger partial charge is 0.151 e. The minimum Gasteiger partial charge on any atom is -0.495 e. The average molecular weight is 279 g/mol. The molecule has 0 fully saturated rings. The zero-order valence-corrected chi connectivity index (χ0v) is 11.5. The number of benzene rings is 1. The van der Waals surface area contributed by atoms with Gasteiger partial charge >= 0.3 is 0 Å². The number of halogens is 1. The zero-order valence-electron chi connectivity index (χ0n) is 10.8. The van der Waals surface area contributed by atoms with E-state index in [0.717, 1.165) is 18.1 Å². The van der Waals surface area contributed by atoms with E-state index in [1.807, 2.05) is 13.0 Å². The van der Waals surface area contributed by atoms with Gasteiger partial charge in [-0.15, -0.1) is 0 Å². The first-order valence-corrected chi connectivity index (χ1v) is 6.27. The van der Waals surface area contributed by atoms with E-state index in [1.54, 1.807) is 31.6 Å². The summed E-state index contributed by atoms with van der Waals surface area (Å²) in [6.07, 6.45) is 3.33. The second kappa shape index (κ2) is 6.24. The van der Waals surface area contributed by atoms with Gasteiger partial charge in [0.2, 0.25) is 0 Å². The molecule has 19 heavy (non-hydrogen) atoms. The fourth-order valence-corrected chi connectivity index (χ4v) is 1.84. The highest BCUT2D eigenvalue weighted by molar-refractivity contribution is 6.32. The molecule has 2 N–H and O–H groups in total. The average Bonchev–Trinajstić information content (AvgIpc) is 2.40. The molecule has 0 bridgehead atoms. The molecule has 6 heteroatoms. The third kappa shape index (κ3) is 3.48. The summed E-state index contributed by atoms with van der Waals surface area (Å²) in [7, 11) is 1.58. The molecule has 0 spiro atoms. The standard InChI is InChI=1S/C13H15ClN4O/c1-3-16-12-7-15-8-13(18-12)17-9-4-5-11(19-2)10(14)6-9/h4-8H,3H2,1-2H3,(H2,16,17,18). The van der Waals surface area contributed by atoms with Gasteiger partial charge in [0.15, 0.2) is 5.82 Å². The highest BCUT2D eigenvalue weighted by atomic mass is 35.5. The summed E-state index contributed by atoms with van der Waals surface area (Å²) in [6.45, 7) is 2.80. The van der Waals surface area contributed by atoms with Gasteiger partial charge < -0.3 is 15.4 Å². The topological polar surface area (TPSA) is 59.1 Å². The van der Waals surface area contributed by atoms with E-state index in [1.165, 1.54) is 0 Å².